The van der Waals surface area contributed by atoms with Crippen LogP contribution in [0.2, 0.25) is 19.6 Å². The highest BCUT2D eigenvalue weighted by Crippen LogP contribution is 2.30. The molecule has 1 rings (SSSR count). The predicted octanol–water partition coefficient (Wildman–Crippen LogP) is 4.05. The molecule has 0 aromatic heterocycles. The third-order valence-electron chi connectivity index (χ3n) is 2.17. The van der Waals surface area contributed by atoms with Crippen LogP contribution in [0.3, 0.4) is 0 Å². The number of allylic oxidation sites excluding steroid dienone is 1. The summed E-state index contributed by atoms with van der Waals surface area (Å²) in [7, 11) is -0.987. The fourth-order valence-corrected chi connectivity index (χ4v) is 5.02. The van der Waals surface area contributed by atoms with E-state index in [1.54, 1.807) is 4.53 Å². The van der Waals surface area contributed by atoms with Gasteiger partial charge >= 0.3 is 0 Å². The zero-order valence-electron chi connectivity index (χ0n) is 8.52. The third-order valence-corrected chi connectivity index (χ3v) is 7.10. The summed E-state index contributed by atoms with van der Waals surface area (Å²) in [4.78, 5) is 0. The zero-order valence-corrected chi connectivity index (χ0v) is 10.3. The minimum atomic E-state index is -0.987. The molecule has 0 bridgehead atoms. The quantitative estimate of drug-likeness (QED) is 0.575. The van der Waals surface area contributed by atoms with E-state index < -0.39 is 8.07 Å². The van der Waals surface area contributed by atoms with Crippen molar-refractivity contribution in [3.8, 4) is 0 Å². The van der Waals surface area contributed by atoms with Crippen LogP contribution in [0.1, 0.15) is 25.7 Å². The normalized spacial score (nSPS) is 25.4. The van der Waals surface area contributed by atoms with Gasteiger partial charge in [-0.3, -0.25) is 0 Å². The Morgan fingerprint density at radius 3 is 2.58 bits per heavy atom. The Morgan fingerprint density at radius 1 is 1.17 bits per heavy atom. The Bertz CT molecular complexity index is 167. The Morgan fingerprint density at radius 2 is 1.92 bits per heavy atom. The Kier molecular flexibility index (Phi) is 3.91. The second-order valence-electron chi connectivity index (χ2n) is 4.52. The van der Waals surface area contributed by atoms with Gasteiger partial charge in [0.2, 0.25) is 0 Å². The van der Waals surface area contributed by atoms with Crippen molar-refractivity contribution in [3.63, 3.8) is 0 Å². The lowest BCUT2D eigenvalue weighted by atomic mass is 10.2. The average molecular weight is 200 g/mol. The maximum Gasteiger partial charge on any atom is 0.0853 e. The van der Waals surface area contributed by atoms with Crippen LogP contribution >= 0.6 is 11.8 Å². The summed E-state index contributed by atoms with van der Waals surface area (Å²) in [6.07, 6.45) is 8.10. The first kappa shape index (κ1) is 10.4. The van der Waals surface area contributed by atoms with Crippen molar-refractivity contribution in [2.75, 3.05) is 5.75 Å². The molecule has 0 radical (unpaired) electrons. The van der Waals surface area contributed by atoms with Gasteiger partial charge in [-0.15, -0.1) is 11.8 Å². The molecular weight excluding hydrogens is 180 g/mol. The smallest absolute Gasteiger partial charge is 0.0853 e. The van der Waals surface area contributed by atoms with E-state index in [2.05, 4.69) is 37.5 Å². The molecule has 12 heavy (non-hydrogen) atoms. The monoisotopic (exact) mass is 200 g/mol. The third kappa shape index (κ3) is 3.36. The number of rotatable bonds is 1. The number of hydrogen-bond acceptors (Lipinski definition) is 1. The van der Waals surface area contributed by atoms with Crippen LogP contribution in [0.15, 0.2) is 10.6 Å². The molecule has 1 aliphatic heterocycles. The van der Waals surface area contributed by atoms with Crippen LogP contribution < -0.4 is 0 Å². The Labute approximate surface area is 81.8 Å². The summed E-state index contributed by atoms with van der Waals surface area (Å²) in [6, 6.07) is 0. The fraction of sp³-hybridized carbons (Fsp3) is 0.800. The van der Waals surface area contributed by atoms with E-state index in [4.69, 9.17) is 0 Å². The van der Waals surface area contributed by atoms with Gasteiger partial charge in [0.1, 0.15) is 0 Å². The van der Waals surface area contributed by atoms with Crippen LogP contribution in [0.25, 0.3) is 0 Å². The highest BCUT2D eigenvalue weighted by Gasteiger charge is 2.19. The van der Waals surface area contributed by atoms with E-state index in [1.807, 2.05) is 0 Å². The van der Waals surface area contributed by atoms with Crippen LogP contribution in [-0.2, 0) is 0 Å². The molecule has 0 saturated heterocycles. The van der Waals surface area contributed by atoms with Crippen LogP contribution in [0.4, 0.5) is 0 Å². The molecule has 0 atom stereocenters. The molecule has 1 heterocycles. The summed E-state index contributed by atoms with van der Waals surface area (Å²) in [5.41, 5.74) is 0. The van der Waals surface area contributed by atoms with E-state index in [1.165, 1.54) is 31.4 Å². The summed E-state index contributed by atoms with van der Waals surface area (Å²) in [5.74, 6) is 1.36. The number of hydrogen-bond donors (Lipinski definition) is 0. The standard InChI is InChI=1S/C10H20SSi/c1-12(2,3)10-8-6-4-5-7-9-11-10/h8H,4-7,9H2,1-3H3/b10-8+. The minimum absolute atomic E-state index is 0.987. The topological polar surface area (TPSA) is 0 Å². The van der Waals surface area contributed by atoms with Crippen LogP contribution in [0, 0.1) is 0 Å². The minimum Gasteiger partial charge on any atom is -0.136 e. The van der Waals surface area contributed by atoms with E-state index in [-0.39, 0.29) is 0 Å². The number of thioether (sulfide) groups is 1. The second kappa shape index (κ2) is 4.52. The highest BCUT2D eigenvalue weighted by molar-refractivity contribution is 8.05. The molecule has 0 nitrogen and oxygen atoms in total. The van der Waals surface area contributed by atoms with Crippen molar-refractivity contribution in [1.29, 1.82) is 0 Å². The first-order chi connectivity index (χ1) is 5.61. The second-order valence-corrected chi connectivity index (χ2v) is 11.1. The van der Waals surface area contributed by atoms with Gasteiger partial charge in [0, 0.05) is 0 Å². The highest BCUT2D eigenvalue weighted by atomic mass is 32.2. The van der Waals surface area contributed by atoms with Crippen molar-refractivity contribution in [1.82, 2.24) is 0 Å². The Balaban J connectivity index is 2.59. The molecule has 1 aliphatic rings. The molecule has 0 saturated carbocycles. The van der Waals surface area contributed by atoms with Gasteiger partial charge in [-0.25, -0.2) is 0 Å². The van der Waals surface area contributed by atoms with Crippen molar-refractivity contribution in [3.05, 3.63) is 10.6 Å². The molecule has 0 aliphatic carbocycles. The van der Waals surface area contributed by atoms with Gasteiger partial charge in [0.05, 0.1) is 8.07 Å². The van der Waals surface area contributed by atoms with Gasteiger partial charge in [-0.2, -0.15) is 0 Å². The molecular formula is C10H20SSi. The van der Waals surface area contributed by atoms with Gasteiger partial charge in [0.15, 0.2) is 0 Å². The van der Waals surface area contributed by atoms with Crippen molar-refractivity contribution >= 4 is 19.8 Å². The van der Waals surface area contributed by atoms with Crippen molar-refractivity contribution < 1.29 is 0 Å². The van der Waals surface area contributed by atoms with Gasteiger partial charge in [0.25, 0.3) is 0 Å². The van der Waals surface area contributed by atoms with E-state index >= 15 is 0 Å². The average Bonchev–Trinajstić information content (AvgIpc) is 1.81. The molecule has 0 unspecified atom stereocenters. The molecule has 0 N–H and O–H groups in total. The molecule has 2 heteroatoms. The largest absolute Gasteiger partial charge is 0.136 e. The van der Waals surface area contributed by atoms with E-state index in [9.17, 15) is 0 Å². The predicted molar refractivity (Wildman–Crippen MR) is 62.4 cm³/mol. The fourth-order valence-electron chi connectivity index (χ4n) is 1.42. The van der Waals surface area contributed by atoms with Crippen molar-refractivity contribution in [2.45, 2.75) is 45.3 Å². The van der Waals surface area contributed by atoms with E-state index in [0.717, 1.165) is 0 Å². The zero-order chi connectivity index (χ0) is 9.03. The summed E-state index contributed by atoms with van der Waals surface area (Å²) in [6.45, 7) is 7.36. The SMILES string of the molecule is C[Si](C)(C)/C1=C/CCCCCS1. The Hall–Kier alpha value is 0.307. The molecule has 0 amide bonds. The summed E-state index contributed by atoms with van der Waals surface area (Å²) in [5, 5.41) is 0. The first-order valence-electron chi connectivity index (χ1n) is 4.94. The summed E-state index contributed by atoms with van der Waals surface area (Å²) < 4.78 is 1.74. The van der Waals surface area contributed by atoms with Gasteiger partial charge < -0.3 is 0 Å². The molecule has 0 aromatic carbocycles. The van der Waals surface area contributed by atoms with E-state index in [0.29, 0.717) is 0 Å². The molecule has 0 aromatic rings. The lowest BCUT2D eigenvalue weighted by Crippen LogP contribution is -2.22. The summed E-state index contributed by atoms with van der Waals surface area (Å²) >= 11 is 2.13. The van der Waals surface area contributed by atoms with Crippen LogP contribution in [-0.4, -0.2) is 13.8 Å². The maximum atomic E-state index is 2.51. The lowest BCUT2D eigenvalue weighted by Gasteiger charge is -2.21. The first-order valence-corrected chi connectivity index (χ1v) is 9.43. The van der Waals surface area contributed by atoms with Gasteiger partial charge in [-0.05, 0) is 29.5 Å². The van der Waals surface area contributed by atoms with Crippen molar-refractivity contribution in [2.24, 2.45) is 0 Å². The molecule has 0 fully saturated rings. The lowest BCUT2D eigenvalue weighted by molar-refractivity contribution is 0.732. The van der Waals surface area contributed by atoms with Gasteiger partial charge in [-0.1, -0.05) is 32.1 Å². The molecule has 0 spiro atoms. The molecule has 70 valence electrons. The maximum absolute atomic E-state index is 2.51. The van der Waals surface area contributed by atoms with Crippen LogP contribution in [0.5, 0.6) is 0 Å².